The zero-order valence-corrected chi connectivity index (χ0v) is 13.7. The van der Waals surface area contributed by atoms with E-state index in [4.69, 9.17) is 0 Å². The number of carboxylic acids is 1. The number of aromatic nitrogens is 2. The second-order valence-electron chi connectivity index (χ2n) is 6.62. The topological polar surface area (TPSA) is 83.4 Å². The van der Waals surface area contributed by atoms with E-state index >= 15 is 0 Å². The molecule has 0 aliphatic carbocycles. The normalized spacial score (nSPS) is 22.6. The van der Waals surface area contributed by atoms with E-state index in [2.05, 4.69) is 9.59 Å². The molecule has 0 radical (unpaired) electrons. The van der Waals surface area contributed by atoms with Gasteiger partial charge < -0.3 is 10.0 Å². The summed E-state index contributed by atoms with van der Waals surface area (Å²) in [5.74, 6) is -0.967. The Morgan fingerprint density at radius 1 is 1.43 bits per heavy atom. The number of likely N-dealkylation sites (tertiary alicyclic amines) is 1. The molecule has 0 aromatic carbocycles. The van der Waals surface area contributed by atoms with Gasteiger partial charge in [0.05, 0.1) is 11.1 Å². The van der Waals surface area contributed by atoms with E-state index in [0.717, 1.165) is 11.5 Å². The van der Waals surface area contributed by atoms with Crippen molar-refractivity contribution in [1.82, 2.24) is 14.5 Å². The van der Waals surface area contributed by atoms with Crippen molar-refractivity contribution in [3.63, 3.8) is 0 Å². The lowest BCUT2D eigenvalue weighted by atomic mass is 9.84. The Bertz CT molecular complexity index is 564. The summed E-state index contributed by atoms with van der Waals surface area (Å²) in [5.41, 5.74) is -0.385. The molecule has 1 aromatic rings. The standard InChI is InChI=1S/C14H21N3O3S/c1-5-14(12(19)20)6-7-17(8-14)11(18)9-10(13(2,3)4)15-16-21-9/h5-8H2,1-4H3,(H,19,20). The van der Waals surface area contributed by atoms with Crippen molar-refractivity contribution in [2.45, 2.75) is 46.0 Å². The van der Waals surface area contributed by atoms with Crippen LogP contribution in [0.2, 0.25) is 0 Å². The highest BCUT2D eigenvalue weighted by Gasteiger charge is 2.45. The maximum atomic E-state index is 12.7. The molecule has 1 atom stereocenters. The molecular formula is C14H21N3O3S. The van der Waals surface area contributed by atoms with Gasteiger partial charge in [0.2, 0.25) is 0 Å². The number of hydrogen-bond donors (Lipinski definition) is 1. The summed E-state index contributed by atoms with van der Waals surface area (Å²) < 4.78 is 3.90. The van der Waals surface area contributed by atoms with Crippen molar-refractivity contribution in [2.75, 3.05) is 13.1 Å². The summed E-state index contributed by atoms with van der Waals surface area (Å²) >= 11 is 1.09. The summed E-state index contributed by atoms with van der Waals surface area (Å²) in [7, 11) is 0. The van der Waals surface area contributed by atoms with E-state index in [-0.39, 0.29) is 17.9 Å². The van der Waals surface area contributed by atoms with Gasteiger partial charge in [0.1, 0.15) is 4.88 Å². The summed E-state index contributed by atoms with van der Waals surface area (Å²) in [5, 5.41) is 13.5. The number of nitrogens with zero attached hydrogens (tertiary/aromatic N) is 3. The highest BCUT2D eigenvalue weighted by Crippen LogP contribution is 2.36. The van der Waals surface area contributed by atoms with E-state index in [1.54, 1.807) is 4.90 Å². The molecule has 1 aliphatic rings. The van der Waals surface area contributed by atoms with Crippen molar-refractivity contribution in [3.8, 4) is 0 Å². The highest BCUT2D eigenvalue weighted by molar-refractivity contribution is 7.08. The Balaban J connectivity index is 2.24. The molecule has 0 saturated carbocycles. The highest BCUT2D eigenvalue weighted by atomic mass is 32.1. The molecule has 1 saturated heterocycles. The third-order valence-electron chi connectivity index (χ3n) is 4.16. The van der Waals surface area contributed by atoms with Crippen molar-refractivity contribution in [1.29, 1.82) is 0 Å². The molecule has 1 aliphatic heterocycles. The monoisotopic (exact) mass is 311 g/mol. The second kappa shape index (κ2) is 5.36. The van der Waals surface area contributed by atoms with Gasteiger partial charge in [0.25, 0.3) is 5.91 Å². The fraction of sp³-hybridized carbons (Fsp3) is 0.714. The molecule has 2 rings (SSSR count). The first-order valence-electron chi connectivity index (χ1n) is 7.07. The van der Waals surface area contributed by atoms with Crippen LogP contribution < -0.4 is 0 Å². The number of aliphatic carboxylic acids is 1. The Kier molecular flexibility index (Phi) is 4.06. The smallest absolute Gasteiger partial charge is 0.311 e. The number of carbonyl (C=O) groups excluding carboxylic acids is 1. The first-order chi connectivity index (χ1) is 9.71. The molecule has 0 bridgehead atoms. The molecule has 1 fully saturated rings. The van der Waals surface area contributed by atoms with Gasteiger partial charge in [0, 0.05) is 18.5 Å². The lowest BCUT2D eigenvalue weighted by Crippen LogP contribution is -2.37. The summed E-state index contributed by atoms with van der Waals surface area (Å²) in [6.45, 7) is 8.55. The molecular weight excluding hydrogens is 290 g/mol. The van der Waals surface area contributed by atoms with Crippen LogP contribution in [0.25, 0.3) is 0 Å². The fourth-order valence-electron chi connectivity index (χ4n) is 2.63. The van der Waals surface area contributed by atoms with Gasteiger partial charge in [-0.1, -0.05) is 32.2 Å². The Morgan fingerprint density at radius 3 is 2.57 bits per heavy atom. The lowest BCUT2D eigenvalue weighted by molar-refractivity contribution is -0.148. The third kappa shape index (κ3) is 2.79. The van der Waals surface area contributed by atoms with Crippen molar-refractivity contribution in [2.24, 2.45) is 5.41 Å². The molecule has 1 aromatic heterocycles. The fourth-order valence-corrected chi connectivity index (χ4v) is 3.47. The van der Waals surface area contributed by atoms with E-state index in [1.807, 2.05) is 27.7 Å². The molecule has 0 spiro atoms. The predicted octanol–water partition coefficient (Wildman–Crippen LogP) is 2.16. The van der Waals surface area contributed by atoms with Crippen molar-refractivity contribution < 1.29 is 14.7 Å². The first-order valence-corrected chi connectivity index (χ1v) is 7.84. The van der Waals surface area contributed by atoms with Crippen LogP contribution in [-0.4, -0.2) is 44.6 Å². The van der Waals surface area contributed by atoms with Gasteiger partial charge in [-0.25, -0.2) is 0 Å². The van der Waals surface area contributed by atoms with Crippen LogP contribution in [0.15, 0.2) is 0 Å². The van der Waals surface area contributed by atoms with Crippen LogP contribution in [0.1, 0.15) is 55.9 Å². The molecule has 21 heavy (non-hydrogen) atoms. The Morgan fingerprint density at radius 2 is 2.10 bits per heavy atom. The van der Waals surface area contributed by atoms with Crippen LogP contribution in [0.4, 0.5) is 0 Å². The molecule has 116 valence electrons. The van der Waals surface area contributed by atoms with E-state index in [1.165, 1.54) is 0 Å². The molecule has 1 amide bonds. The quantitative estimate of drug-likeness (QED) is 0.925. The summed E-state index contributed by atoms with van der Waals surface area (Å²) in [6, 6.07) is 0. The van der Waals surface area contributed by atoms with Gasteiger partial charge in [-0.15, -0.1) is 5.10 Å². The number of hydrogen-bond acceptors (Lipinski definition) is 5. The average molecular weight is 311 g/mol. The van der Waals surface area contributed by atoms with Crippen LogP contribution in [0.5, 0.6) is 0 Å². The average Bonchev–Trinajstić information content (AvgIpc) is 3.05. The SMILES string of the molecule is CCC1(C(=O)O)CCN(C(=O)c2snnc2C(C)(C)C)C1. The lowest BCUT2D eigenvalue weighted by Gasteiger charge is -2.23. The molecule has 1 N–H and O–H groups in total. The minimum absolute atomic E-state index is 0.147. The van der Waals surface area contributed by atoms with Crippen molar-refractivity contribution >= 4 is 23.4 Å². The third-order valence-corrected chi connectivity index (χ3v) is 4.88. The molecule has 6 nitrogen and oxygen atoms in total. The summed E-state index contributed by atoms with van der Waals surface area (Å²) in [4.78, 5) is 26.3. The largest absolute Gasteiger partial charge is 0.481 e. The van der Waals surface area contributed by atoms with Crippen LogP contribution in [-0.2, 0) is 10.2 Å². The summed E-state index contributed by atoms with van der Waals surface area (Å²) in [6.07, 6.45) is 1.03. The molecule has 1 unspecified atom stereocenters. The zero-order chi connectivity index (χ0) is 15.8. The maximum absolute atomic E-state index is 12.7. The molecule has 2 heterocycles. The molecule has 7 heteroatoms. The predicted molar refractivity (Wildman–Crippen MR) is 79.5 cm³/mol. The maximum Gasteiger partial charge on any atom is 0.311 e. The van der Waals surface area contributed by atoms with Gasteiger partial charge >= 0.3 is 5.97 Å². The van der Waals surface area contributed by atoms with E-state index in [9.17, 15) is 14.7 Å². The number of amides is 1. The van der Waals surface area contributed by atoms with E-state index < -0.39 is 11.4 Å². The van der Waals surface area contributed by atoms with Gasteiger partial charge in [-0.05, 0) is 24.4 Å². The van der Waals surface area contributed by atoms with Crippen LogP contribution in [0.3, 0.4) is 0 Å². The van der Waals surface area contributed by atoms with E-state index in [0.29, 0.717) is 30.0 Å². The van der Waals surface area contributed by atoms with Crippen LogP contribution in [0, 0.1) is 5.41 Å². The number of rotatable bonds is 3. The minimum atomic E-state index is -0.821. The zero-order valence-electron chi connectivity index (χ0n) is 12.8. The first kappa shape index (κ1) is 15.9. The minimum Gasteiger partial charge on any atom is -0.481 e. The Labute approximate surface area is 128 Å². The van der Waals surface area contributed by atoms with Gasteiger partial charge in [0.15, 0.2) is 0 Å². The van der Waals surface area contributed by atoms with Crippen LogP contribution >= 0.6 is 11.5 Å². The Hall–Kier alpha value is -1.50. The van der Waals surface area contributed by atoms with Gasteiger partial charge in [-0.2, -0.15) is 0 Å². The van der Waals surface area contributed by atoms with Crippen molar-refractivity contribution in [3.05, 3.63) is 10.6 Å². The number of carboxylic acid groups (broad SMARTS) is 1. The second-order valence-corrected chi connectivity index (χ2v) is 7.37. The van der Waals surface area contributed by atoms with Gasteiger partial charge in [-0.3, -0.25) is 9.59 Å². The number of carbonyl (C=O) groups is 2.